The van der Waals surface area contributed by atoms with Crippen LogP contribution in [-0.4, -0.2) is 42.3 Å². The Morgan fingerprint density at radius 1 is 1.20 bits per heavy atom. The molecule has 2 heterocycles. The molecular formula is C19H25N3O3. The molecule has 2 aliphatic heterocycles. The summed E-state index contributed by atoms with van der Waals surface area (Å²) in [6.07, 6.45) is 3.68. The minimum atomic E-state index is -0.455. The Labute approximate surface area is 148 Å². The molecule has 25 heavy (non-hydrogen) atoms. The van der Waals surface area contributed by atoms with Gasteiger partial charge < -0.3 is 15.5 Å². The van der Waals surface area contributed by atoms with Gasteiger partial charge in [0.2, 0.25) is 17.7 Å². The van der Waals surface area contributed by atoms with Gasteiger partial charge in [-0.3, -0.25) is 14.4 Å². The highest BCUT2D eigenvalue weighted by atomic mass is 16.2. The molecule has 1 unspecified atom stereocenters. The highest BCUT2D eigenvalue weighted by Gasteiger charge is 2.33. The van der Waals surface area contributed by atoms with Crippen LogP contribution in [0.5, 0.6) is 0 Å². The molecule has 3 amide bonds. The van der Waals surface area contributed by atoms with Crippen LogP contribution >= 0.6 is 0 Å². The second kappa shape index (κ2) is 7.25. The van der Waals surface area contributed by atoms with Crippen LogP contribution in [0.15, 0.2) is 18.2 Å². The van der Waals surface area contributed by atoms with Crippen LogP contribution in [0.2, 0.25) is 0 Å². The normalized spacial score (nSPS) is 20.1. The number of nitrogens with two attached hydrogens (primary N) is 1. The zero-order chi connectivity index (χ0) is 18.0. The molecule has 6 heteroatoms. The maximum absolute atomic E-state index is 13.1. The van der Waals surface area contributed by atoms with Crippen molar-refractivity contribution in [1.29, 1.82) is 0 Å². The molecule has 1 aromatic carbocycles. The Bertz CT molecular complexity index is 701. The fourth-order valence-corrected chi connectivity index (χ4v) is 3.93. The molecule has 0 bridgehead atoms. The van der Waals surface area contributed by atoms with E-state index < -0.39 is 5.91 Å². The molecule has 3 rings (SSSR count). The predicted molar refractivity (Wildman–Crippen MR) is 95.2 cm³/mol. The van der Waals surface area contributed by atoms with Gasteiger partial charge >= 0.3 is 0 Å². The number of anilines is 1. The van der Waals surface area contributed by atoms with E-state index in [9.17, 15) is 14.4 Å². The van der Waals surface area contributed by atoms with Crippen molar-refractivity contribution in [2.45, 2.75) is 39.0 Å². The van der Waals surface area contributed by atoms with E-state index in [-0.39, 0.29) is 17.7 Å². The van der Waals surface area contributed by atoms with Crippen LogP contribution in [0.1, 0.15) is 48.5 Å². The third-order valence-electron chi connectivity index (χ3n) is 5.21. The molecule has 2 aliphatic rings. The standard InChI is InChI=1S/C19H25N3O3/c1-2-17(23)21-10-4-6-13(12-21)19(25)22-11-5-8-14-15(18(20)24)7-3-9-16(14)22/h3,7,9,13H,2,4-6,8,10-12H2,1H3,(H2,20,24). The molecule has 1 aromatic rings. The summed E-state index contributed by atoms with van der Waals surface area (Å²) >= 11 is 0. The number of carbonyl (C=O) groups excluding carboxylic acids is 3. The summed E-state index contributed by atoms with van der Waals surface area (Å²) in [5.41, 5.74) is 7.65. The van der Waals surface area contributed by atoms with Gasteiger partial charge in [0.15, 0.2) is 0 Å². The Morgan fingerprint density at radius 2 is 2.00 bits per heavy atom. The number of benzene rings is 1. The highest BCUT2D eigenvalue weighted by Crippen LogP contribution is 2.32. The zero-order valence-corrected chi connectivity index (χ0v) is 14.7. The Balaban J connectivity index is 1.84. The number of carbonyl (C=O) groups is 3. The number of hydrogen-bond donors (Lipinski definition) is 1. The first kappa shape index (κ1) is 17.5. The summed E-state index contributed by atoms with van der Waals surface area (Å²) in [6, 6.07) is 5.38. The van der Waals surface area contributed by atoms with Crippen molar-refractivity contribution in [2.24, 2.45) is 11.7 Å². The summed E-state index contributed by atoms with van der Waals surface area (Å²) in [5, 5.41) is 0. The largest absolute Gasteiger partial charge is 0.366 e. The van der Waals surface area contributed by atoms with Crippen LogP contribution in [-0.2, 0) is 16.0 Å². The lowest BCUT2D eigenvalue weighted by atomic mass is 9.92. The number of nitrogens with zero attached hydrogens (tertiary/aromatic N) is 2. The molecule has 1 fully saturated rings. The van der Waals surface area contributed by atoms with Crippen molar-refractivity contribution in [3.63, 3.8) is 0 Å². The van der Waals surface area contributed by atoms with Gasteiger partial charge in [-0.15, -0.1) is 0 Å². The summed E-state index contributed by atoms with van der Waals surface area (Å²) < 4.78 is 0. The quantitative estimate of drug-likeness (QED) is 0.907. The summed E-state index contributed by atoms with van der Waals surface area (Å²) in [5.74, 6) is -0.473. The second-order valence-electron chi connectivity index (χ2n) is 6.79. The van der Waals surface area contributed by atoms with Gasteiger partial charge in [0.1, 0.15) is 0 Å². The number of hydrogen-bond acceptors (Lipinski definition) is 3. The molecule has 2 N–H and O–H groups in total. The summed E-state index contributed by atoms with van der Waals surface area (Å²) in [7, 11) is 0. The van der Waals surface area contributed by atoms with Crippen molar-refractivity contribution in [3.8, 4) is 0 Å². The third kappa shape index (κ3) is 3.38. The minimum Gasteiger partial charge on any atom is -0.366 e. The molecule has 1 saturated heterocycles. The lowest BCUT2D eigenvalue weighted by Crippen LogP contribution is -2.48. The zero-order valence-electron chi connectivity index (χ0n) is 14.7. The minimum absolute atomic E-state index is 0.0520. The monoisotopic (exact) mass is 343 g/mol. The molecule has 0 saturated carbocycles. The number of amides is 3. The summed E-state index contributed by atoms with van der Waals surface area (Å²) in [6.45, 7) is 3.72. The molecule has 0 aliphatic carbocycles. The van der Waals surface area contributed by atoms with E-state index in [1.807, 2.05) is 13.0 Å². The van der Waals surface area contributed by atoms with E-state index in [2.05, 4.69) is 0 Å². The van der Waals surface area contributed by atoms with Crippen molar-refractivity contribution < 1.29 is 14.4 Å². The first-order chi connectivity index (χ1) is 12.0. The number of primary amides is 1. The Hall–Kier alpha value is -2.37. The van der Waals surface area contributed by atoms with E-state index >= 15 is 0 Å². The number of piperidine rings is 1. The maximum atomic E-state index is 13.1. The van der Waals surface area contributed by atoms with Crippen LogP contribution < -0.4 is 10.6 Å². The number of rotatable bonds is 3. The molecule has 6 nitrogen and oxygen atoms in total. The molecule has 0 spiro atoms. The van der Waals surface area contributed by atoms with Gasteiger partial charge in [-0.1, -0.05) is 13.0 Å². The lowest BCUT2D eigenvalue weighted by molar-refractivity contribution is -0.134. The first-order valence-corrected chi connectivity index (χ1v) is 9.03. The smallest absolute Gasteiger partial charge is 0.249 e. The fourth-order valence-electron chi connectivity index (χ4n) is 3.93. The van der Waals surface area contributed by atoms with Crippen molar-refractivity contribution in [1.82, 2.24) is 4.90 Å². The van der Waals surface area contributed by atoms with Crippen molar-refractivity contribution in [3.05, 3.63) is 29.3 Å². The van der Waals surface area contributed by atoms with Crippen LogP contribution in [0.3, 0.4) is 0 Å². The fraction of sp³-hybridized carbons (Fsp3) is 0.526. The Morgan fingerprint density at radius 3 is 2.72 bits per heavy atom. The van der Waals surface area contributed by atoms with Gasteiger partial charge in [0, 0.05) is 37.3 Å². The van der Waals surface area contributed by atoms with Crippen LogP contribution in [0.4, 0.5) is 5.69 Å². The molecule has 134 valence electrons. The van der Waals surface area contributed by atoms with Gasteiger partial charge in [0.25, 0.3) is 0 Å². The first-order valence-electron chi connectivity index (χ1n) is 9.03. The molecule has 0 aromatic heterocycles. The number of fused-ring (bicyclic) bond motifs is 1. The summed E-state index contributed by atoms with van der Waals surface area (Å²) in [4.78, 5) is 40.4. The van der Waals surface area contributed by atoms with E-state index in [1.54, 1.807) is 21.9 Å². The topological polar surface area (TPSA) is 83.7 Å². The average Bonchev–Trinajstić information content (AvgIpc) is 2.65. The maximum Gasteiger partial charge on any atom is 0.249 e. The SMILES string of the molecule is CCC(=O)N1CCCC(C(=O)N2CCCc3c(C(N)=O)cccc32)C1. The van der Waals surface area contributed by atoms with Crippen LogP contribution in [0, 0.1) is 5.92 Å². The van der Waals surface area contributed by atoms with Gasteiger partial charge in [-0.25, -0.2) is 0 Å². The van der Waals surface area contributed by atoms with Crippen molar-refractivity contribution >= 4 is 23.4 Å². The Kier molecular flexibility index (Phi) is 5.06. The predicted octanol–water partition coefficient (Wildman–Crippen LogP) is 1.71. The highest BCUT2D eigenvalue weighted by molar-refractivity contribution is 6.01. The molecule has 0 radical (unpaired) electrons. The average molecular weight is 343 g/mol. The van der Waals surface area contributed by atoms with Crippen molar-refractivity contribution in [2.75, 3.05) is 24.5 Å². The van der Waals surface area contributed by atoms with Crippen LogP contribution in [0.25, 0.3) is 0 Å². The van der Waals surface area contributed by atoms with E-state index in [0.29, 0.717) is 25.1 Å². The molecular weight excluding hydrogens is 318 g/mol. The lowest BCUT2D eigenvalue weighted by Gasteiger charge is -2.37. The van der Waals surface area contributed by atoms with E-state index in [4.69, 9.17) is 5.73 Å². The van der Waals surface area contributed by atoms with Gasteiger partial charge in [0.05, 0.1) is 5.92 Å². The second-order valence-corrected chi connectivity index (χ2v) is 6.79. The van der Waals surface area contributed by atoms with E-state index in [0.717, 1.165) is 43.5 Å². The molecule has 1 atom stereocenters. The van der Waals surface area contributed by atoms with E-state index in [1.165, 1.54) is 0 Å². The number of likely N-dealkylation sites (tertiary alicyclic amines) is 1. The third-order valence-corrected chi connectivity index (χ3v) is 5.21. The van der Waals surface area contributed by atoms with Gasteiger partial charge in [-0.05, 0) is 43.4 Å². The van der Waals surface area contributed by atoms with Gasteiger partial charge in [-0.2, -0.15) is 0 Å².